The van der Waals surface area contributed by atoms with Crippen LogP contribution in [0.5, 0.6) is 0 Å². The van der Waals surface area contributed by atoms with Gasteiger partial charge in [-0.25, -0.2) is 5.01 Å². The van der Waals surface area contributed by atoms with E-state index in [9.17, 15) is 4.79 Å². The van der Waals surface area contributed by atoms with Crippen molar-refractivity contribution in [3.8, 4) is 0 Å². The van der Waals surface area contributed by atoms with Gasteiger partial charge >= 0.3 is 0 Å². The van der Waals surface area contributed by atoms with E-state index >= 15 is 0 Å². The number of carbonyl (C=O) groups is 1. The minimum Gasteiger partial charge on any atom is -0.314 e. The van der Waals surface area contributed by atoms with E-state index in [1.807, 2.05) is 6.92 Å². The van der Waals surface area contributed by atoms with E-state index in [2.05, 4.69) is 10.6 Å². The number of hydroxylamine groups is 1. The van der Waals surface area contributed by atoms with Crippen LogP contribution in [0.15, 0.2) is 5.10 Å². The van der Waals surface area contributed by atoms with E-state index in [0.717, 1.165) is 5.71 Å². The van der Waals surface area contributed by atoms with Crippen molar-refractivity contribution in [3.05, 3.63) is 0 Å². The van der Waals surface area contributed by atoms with E-state index in [1.165, 1.54) is 5.01 Å². The van der Waals surface area contributed by atoms with Crippen molar-refractivity contribution in [2.45, 2.75) is 39.3 Å². The Labute approximate surface area is 77.4 Å². The molecule has 0 aromatic heterocycles. The van der Waals surface area contributed by atoms with Crippen LogP contribution in [0.25, 0.3) is 0 Å². The van der Waals surface area contributed by atoms with E-state index in [0.29, 0.717) is 12.8 Å². The van der Waals surface area contributed by atoms with Crippen molar-refractivity contribution in [3.63, 3.8) is 0 Å². The van der Waals surface area contributed by atoms with E-state index in [4.69, 9.17) is 5.21 Å². The first-order chi connectivity index (χ1) is 6.03. The Kier molecular flexibility index (Phi) is 2.68. The molecule has 1 rings (SSSR count). The molecule has 5 nitrogen and oxygen atoms in total. The van der Waals surface area contributed by atoms with Gasteiger partial charge in [-0.05, 0) is 13.8 Å². The molecule has 0 aliphatic carbocycles. The van der Waals surface area contributed by atoms with E-state index in [1.54, 1.807) is 13.8 Å². The molecule has 0 saturated heterocycles. The molecule has 2 N–H and O–H groups in total. The van der Waals surface area contributed by atoms with Crippen LogP contribution in [0.4, 0.5) is 0 Å². The second-order valence-electron chi connectivity index (χ2n) is 3.46. The zero-order valence-corrected chi connectivity index (χ0v) is 8.16. The van der Waals surface area contributed by atoms with Gasteiger partial charge in [-0.2, -0.15) is 10.6 Å². The van der Waals surface area contributed by atoms with E-state index < -0.39 is 5.66 Å². The van der Waals surface area contributed by atoms with Gasteiger partial charge in [-0.1, -0.05) is 6.92 Å². The monoisotopic (exact) mass is 185 g/mol. The fourth-order valence-electron chi connectivity index (χ4n) is 1.46. The normalized spacial score (nSPS) is 27.7. The largest absolute Gasteiger partial charge is 0.314 e. The number of hydrazone groups is 1. The van der Waals surface area contributed by atoms with Gasteiger partial charge in [0.15, 0.2) is 0 Å². The average molecular weight is 185 g/mol. The molecule has 0 spiro atoms. The summed E-state index contributed by atoms with van der Waals surface area (Å²) in [6.07, 6.45) is 0.934. The molecule has 1 atom stereocenters. The molecule has 1 aliphatic heterocycles. The zero-order chi connectivity index (χ0) is 10.1. The van der Waals surface area contributed by atoms with Gasteiger partial charge in [0.1, 0.15) is 5.66 Å². The molecule has 13 heavy (non-hydrogen) atoms. The maximum Gasteiger partial charge on any atom is 0.244 e. The van der Waals surface area contributed by atoms with Crippen molar-refractivity contribution in [2.24, 2.45) is 5.10 Å². The molecule has 0 aromatic carbocycles. The first-order valence-electron chi connectivity index (χ1n) is 4.32. The molecule has 0 fully saturated rings. The molecular weight excluding hydrogens is 170 g/mol. The third-order valence-electron chi connectivity index (χ3n) is 2.12. The van der Waals surface area contributed by atoms with Gasteiger partial charge in [0.2, 0.25) is 5.91 Å². The summed E-state index contributed by atoms with van der Waals surface area (Å²) >= 11 is 0. The van der Waals surface area contributed by atoms with Gasteiger partial charge in [0.05, 0.1) is 0 Å². The van der Waals surface area contributed by atoms with Crippen LogP contribution in [-0.2, 0) is 4.79 Å². The summed E-state index contributed by atoms with van der Waals surface area (Å²) in [6.45, 7) is 5.34. The number of rotatable bonds is 2. The quantitative estimate of drug-likeness (QED) is 0.622. The number of carbonyl (C=O) groups excluding carboxylic acids is 1. The smallest absolute Gasteiger partial charge is 0.244 e. The molecule has 1 unspecified atom stereocenters. The molecular formula is C8H15N3O2. The van der Waals surface area contributed by atoms with Crippen molar-refractivity contribution in [2.75, 3.05) is 0 Å². The van der Waals surface area contributed by atoms with Crippen LogP contribution >= 0.6 is 0 Å². The Hall–Kier alpha value is -0.940. The summed E-state index contributed by atoms with van der Waals surface area (Å²) in [5, 5.41) is 14.3. The molecule has 1 amide bonds. The molecule has 1 heterocycles. The van der Waals surface area contributed by atoms with Gasteiger partial charge < -0.3 is 5.21 Å². The summed E-state index contributed by atoms with van der Waals surface area (Å²) < 4.78 is 0. The zero-order valence-electron chi connectivity index (χ0n) is 8.16. The average Bonchev–Trinajstić information content (AvgIpc) is 2.41. The summed E-state index contributed by atoms with van der Waals surface area (Å²) in [4.78, 5) is 11.4. The first kappa shape index (κ1) is 10.1. The number of amides is 1. The molecule has 74 valence electrons. The summed E-state index contributed by atoms with van der Waals surface area (Å²) in [6, 6.07) is 0. The fraction of sp³-hybridized carbons (Fsp3) is 0.750. The van der Waals surface area contributed by atoms with Crippen LogP contribution in [0.1, 0.15) is 33.6 Å². The second-order valence-corrected chi connectivity index (χ2v) is 3.46. The van der Waals surface area contributed by atoms with Crippen molar-refractivity contribution >= 4 is 11.6 Å². The van der Waals surface area contributed by atoms with Crippen LogP contribution in [-0.4, -0.2) is 27.5 Å². The highest BCUT2D eigenvalue weighted by atomic mass is 16.5. The Bertz CT molecular complexity index is 252. The third kappa shape index (κ3) is 1.71. The molecule has 5 heteroatoms. The minimum atomic E-state index is -0.767. The van der Waals surface area contributed by atoms with Crippen LogP contribution < -0.4 is 5.48 Å². The van der Waals surface area contributed by atoms with Crippen molar-refractivity contribution in [1.29, 1.82) is 0 Å². The maximum absolute atomic E-state index is 11.4. The van der Waals surface area contributed by atoms with Gasteiger partial charge in [-0.15, -0.1) is 0 Å². The van der Waals surface area contributed by atoms with Crippen LogP contribution in [0.2, 0.25) is 0 Å². The van der Waals surface area contributed by atoms with Gasteiger partial charge in [0, 0.05) is 18.6 Å². The predicted octanol–water partition coefficient (Wildman–Crippen LogP) is 0.700. The topological polar surface area (TPSA) is 64.9 Å². The number of hydrogen-bond acceptors (Lipinski definition) is 4. The second kappa shape index (κ2) is 3.43. The molecule has 0 radical (unpaired) electrons. The Morgan fingerprint density at radius 3 is 2.92 bits per heavy atom. The van der Waals surface area contributed by atoms with Gasteiger partial charge in [-0.3, -0.25) is 4.79 Å². The lowest BCUT2D eigenvalue weighted by atomic mass is 10.1. The first-order valence-corrected chi connectivity index (χ1v) is 4.32. The molecule has 0 bridgehead atoms. The standard InChI is InChI=1S/C8H15N3O2/c1-4-7(12)11-8(3,10-13)5-6(2)9-11/h10,13H,4-5H2,1-3H3. The number of nitrogens with one attached hydrogen (secondary N) is 1. The highest BCUT2D eigenvalue weighted by Gasteiger charge is 2.39. The SMILES string of the molecule is CCC(=O)N1N=C(C)CC1(C)NO. The minimum absolute atomic E-state index is 0.0964. The Morgan fingerprint density at radius 1 is 1.85 bits per heavy atom. The number of nitrogens with zero attached hydrogens (tertiary/aromatic N) is 2. The number of hydrogen-bond donors (Lipinski definition) is 2. The van der Waals surface area contributed by atoms with E-state index in [-0.39, 0.29) is 5.91 Å². The summed E-state index contributed by atoms with van der Waals surface area (Å²) in [7, 11) is 0. The predicted molar refractivity (Wildman–Crippen MR) is 48.2 cm³/mol. The Morgan fingerprint density at radius 2 is 2.46 bits per heavy atom. The summed E-state index contributed by atoms with van der Waals surface area (Å²) in [5.74, 6) is -0.0964. The fourth-order valence-corrected chi connectivity index (χ4v) is 1.46. The van der Waals surface area contributed by atoms with Crippen molar-refractivity contribution < 1.29 is 10.0 Å². The highest BCUT2D eigenvalue weighted by molar-refractivity contribution is 5.88. The molecule has 1 aliphatic rings. The lowest BCUT2D eigenvalue weighted by Gasteiger charge is -2.30. The maximum atomic E-state index is 11.4. The lowest BCUT2D eigenvalue weighted by Crippen LogP contribution is -2.53. The summed E-state index contributed by atoms with van der Waals surface area (Å²) in [5.41, 5.74) is 2.20. The lowest BCUT2D eigenvalue weighted by molar-refractivity contribution is -0.142. The Balaban J connectivity index is 2.86. The van der Waals surface area contributed by atoms with Crippen LogP contribution in [0, 0.1) is 0 Å². The third-order valence-corrected chi connectivity index (χ3v) is 2.12. The van der Waals surface area contributed by atoms with Gasteiger partial charge in [0.25, 0.3) is 0 Å². The molecule has 0 aromatic rings. The van der Waals surface area contributed by atoms with Crippen LogP contribution in [0.3, 0.4) is 0 Å². The molecule has 0 saturated carbocycles. The van der Waals surface area contributed by atoms with Crippen molar-refractivity contribution in [1.82, 2.24) is 10.5 Å². The highest BCUT2D eigenvalue weighted by Crippen LogP contribution is 2.24.